The van der Waals surface area contributed by atoms with Crippen molar-refractivity contribution in [1.29, 1.82) is 0 Å². The highest BCUT2D eigenvalue weighted by molar-refractivity contribution is 6.30. The third kappa shape index (κ3) is 2.54. The van der Waals surface area contributed by atoms with E-state index < -0.39 is 18.0 Å². The predicted molar refractivity (Wildman–Crippen MR) is 73.8 cm³/mol. The van der Waals surface area contributed by atoms with E-state index in [2.05, 4.69) is 5.16 Å². The first-order chi connectivity index (χ1) is 9.46. The zero-order valence-electron chi connectivity index (χ0n) is 11.2. The summed E-state index contributed by atoms with van der Waals surface area (Å²) in [5, 5.41) is 15.0. The number of nitrogens with zero attached hydrogens (tertiary/aromatic N) is 1. The van der Waals surface area contributed by atoms with Crippen LogP contribution >= 0.6 is 11.6 Å². The summed E-state index contributed by atoms with van der Waals surface area (Å²) in [7, 11) is 0. The van der Waals surface area contributed by atoms with Crippen LogP contribution < -0.4 is 0 Å². The predicted octanol–water partition coefficient (Wildman–Crippen LogP) is 1.96. The summed E-state index contributed by atoms with van der Waals surface area (Å²) in [4.78, 5) is 5.34. The molecule has 0 bridgehead atoms. The summed E-state index contributed by atoms with van der Waals surface area (Å²) in [5.41, 5.74) is 1.27. The first-order valence-corrected chi connectivity index (χ1v) is 6.83. The molecular weight excluding hydrogens is 282 g/mol. The van der Waals surface area contributed by atoms with Crippen LogP contribution in [0.4, 0.5) is 0 Å². The van der Waals surface area contributed by atoms with Crippen molar-refractivity contribution in [2.24, 2.45) is 5.16 Å². The van der Waals surface area contributed by atoms with Crippen molar-refractivity contribution in [3.05, 3.63) is 34.9 Å². The summed E-state index contributed by atoms with van der Waals surface area (Å²) in [6.45, 7) is 4.03. The maximum Gasteiger partial charge on any atom is 0.187 e. The van der Waals surface area contributed by atoms with Gasteiger partial charge in [-0.2, -0.15) is 0 Å². The fourth-order valence-corrected chi connectivity index (χ4v) is 2.50. The van der Waals surface area contributed by atoms with Crippen molar-refractivity contribution in [3.63, 3.8) is 0 Å². The van der Waals surface area contributed by atoms with Crippen molar-refractivity contribution in [2.45, 2.75) is 37.9 Å². The van der Waals surface area contributed by atoms with E-state index in [-0.39, 0.29) is 6.10 Å². The molecule has 1 fully saturated rings. The Kier molecular flexibility index (Phi) is 3.46. The number of aliphatic hydroxyl groups excluding tert-OH is 1. The molecule has 1 N–H and O–H groups in total. The van der Waals surface area contributed by atoms with Crippen molar-refractivity contribution >= 4 is 17.3 Å². The lowest BCUT2D eigenvalue weighted by atomic mass is 9.99. The molecule has 1 saturated heterocycles. The highest BCUT2D eigenvalue weighted by Gasteiger charge is 2.46. The van der Waals surface area contributed by atoms with Gasteiger partial charge in [-0.25, -0.2) is 0 Å². The Morgan fingerprint density at radius 2 is 2.00 bits per heavy atom. The van der Waals surface area contributed by atoms with Gasteiger partial charge in [0.2, 0.25) is 0 Å². The Balaban J connectivity index is 1.73. The van der Waals surface area contributed by atoms with Gasteiger partial charge in [0.25, 0.3) is 0 Å². The number of ether oxygens (including phenoxy) is 2. The van der Waals surface area contributed by atoms with Gasteiger partial charge in [-0.1, -0.05) is 28.9 Å². The Morgan fingerprint density at radius 1 is 1.30 bits per heavy atom. The van der Waals surface area contributed by atoms with Gasteiger partial charge < -0.3 is 19.4 Å². The highest BCUT2D eigenvalue weighted by Crippen LogP contribution is 2.30. The second kappa shape index (κ2) is 5.00. The molecular formula is C14H16ClNO4. The van der Waals surface area contributed by atoms with Crippen LogP contribution in [0.2, 0.25) is 5.02 Å². The average Bonchev–Trinajstić information content (AvgIpc) is 2.93. The largest absolute Gasteiger partial charge is 0.386 e. The molecule has 0 unspecified atom stereocenters. The zero-order chi connectivity index (χ0) is 14.3. The second-order valence-electron chi connectivity index (χ2n) is 5.37. The minimum Gasteiger partial charge on any atom is -0.386 e. The van der Waals surface area contributed by atoms with E-state index in [0.29, 0.717) is 17.3 Å². The van der Waals surface area contributed by atoms with Crippen LogP contribution in [-0.2, 0) is 14.3 Å². The maximum absolute atomic E-state index is 10.4. The lowest BCUT2D eigenvalue weighted by Crippen LogP contribution is -2.41. The molecule has 2 heterocycles. The second-order valence-corrected chi connectivity index (χ2v) is 5.80. The summed E-state index contributed by atoms with van der Waals surface area (Å²) < 4.78 is 11.2. The Bertz CT molecular complexity index is 528. The van der Waals surface area contributed by atoms with Gasteiger partial charge >= 0.3 is 0 Å². The number of benzene rings is 1. The molecule has 0 spiro atoms. The summed E-state index contributed by atoms with van der Waals surface area (Å²) in [6, 6.07) is 7.09. The minimum absolute atomic E-state index is 0.339. The van der Waals surface area contributed by atoms with Gasteiger partial charge in [0.1, 0.15) is 17.9 Å². The Labute approximate surface area is 122 Å². The van der Waals surface area contributed by atoms with E-state index in [0.717, 1.165) is 5.56 Å². The smallest absolute Gasteiger partial charge is 0.187 e. The van der Waals surface area contributed by atoms with Crippen molar-refractivity contribution in [1.82, 2.24) is 0 Å². The van der Waals surface area contributed by atoms with Gasteiger partial charge in [-0.3, -0.25) is 0 Å². The van der Waals surface area contributed by atoms with E-state index in [9.17, 15) is 5.11 Å². The first-order valence-electron chi connectivity index (χ1n) is 6.46. The number of oxime groups is 1. The van der Waals surface area contributed by atoms with Crippen LogP contribution in [0.25, 0.3) is 0 Å². The Hall–Kier alpha value is -1.14. The lowest BCUT2D eigenvalue weighted by Gasteiger charge is -2.21. The zero-order valence-corrected chi connectivity index (χ0v) is 12.0. The molecule has 0 saturated carbocycles. The van der Waals surface area contributed by atoms with Gasteiger partial charge in [0, 0.05) is 10.6 Å². The fraction of sp³-hybridized carbons (Fsp3) is 0.500. The highest BCUT2D eigenvalue weighted by atomic mass is 35.5. The van der Waals surface area contributed by atoms with Crippen LogP contribution in [0.3, 0.4) is 0 Å². The molecule has 0 amide bonds. The van der Waals surface area contributed by atoms with Gasteiger partial charge in [-0.05, 0) is 26.0 Å². The van der Waals surface area contributed by atoms with Crippen molar-refractivity contribution in [2.75, 3.05) is 6.61 Å². The monoisotopic (exact) mass is 297 g/mol. The van der Waals surface area contributed by atoms with Gasteiger partial charge in [0.15, 0.2) is 11.9 Å². The number of hydrogen-bond acceptors (Lipinski definition) is 5. The van der Waals surface area contributed by atoms with Gasteiger partial charge in [0.05, 0.1) is 6.61 Å². The molecule has 0 radical (unpaired) electrons. The summed E-state index contributed by atoms with van der Waals surface area (Å²) in [5.74, 6) is -0.656. The Morgan fingerprint density at radius 3 is 2.60 bits per heavy atom. The minimum atomic E-state index is -0.848. The van der Waals surface area contributed by atoms with Gasteiger partial charge in [-0.15, -0.1) is 0 Å². The van der Waals surface area contributed by atoms with E-state index in [1.165, 1.54) is 0 Å². The summed E-state index contributed by atoms with van der Waals surface area (Å²) >= 11 is 5.85. The van der Waals surface area contributed by atoms with Crippen LogP contribution in [-0.4, -0.2) is 41.5 Å². The molecule has 3 rings (SSSR count). The normalized spacial score (nSPS) is 32.0. The average molecular weight is 298 g/mol. The van der Waals surface area contributed by atoms with E-state index in [1.807, 2.05) is 13.8 Å². The van der Waals surface area contributed by atoms with Crippen molar-refractivity contribution < 1.29 is 19.4 Å². The molecule has 0 aromatic heterocycles. The molecule has 2 aliphatic rings. The SMILES string of the molecule is CC1(C)OC[C@H]([C@@H]2ON=C(c3ccc(Cl)cc3)[C@H]2O)O1. The molecule has 2 aliphatic heterocycles. The molecule has 5 nitrogen and oxygen atoms in total. The van der Waals surface area contributed by atoms with Crippen LogP contribution in [0.15, 0.2) is 29.4 Å². The third-order valence-corrected chi connectivity index (χ3v) is 3.65. The van der Waals surface area contributed by atoms with Crippen LogP contribution in [0.5, 0.6) is 0 Å². The molecule has 3 atom stereocenters. The summed E-state index contributed by atoms with van der Waals surface area (Å²) in [6.07, 6.45) is -1.74. The fourth-order valence-electron chi connectivity index (χ4n) is 2.38. The van der Waals surface area contributed by atoms with Crippen LogP contribution in [0, 0.1) is 0 Å². The third-order valence-electron chi connectivity index (χ3n) is 3.40. The number of rotatable bonds is 2. The number of hydrogen-bond donors (Lipinski definition) is 1. The number of aliphatic hydroxyl groups is 1. The molecule has 1 aromatic rings. The maximum atomic E-state index is 10.4. The molecule has 6 heteroatoms. The van der Waals surface area contributed by atoms with Crippen LogP contribution in [0.1, 0.15) is 19.4 Å². The lowest BCUT2D eigenvalue weighted by molar-refractivity contribution is -0.160. The molecule has 108 valence electrons. The van der Waals surface area contributed by atoms with Crippen molar-refractivity contribution in [3.8, 4) is 0 Å². The molecule has 0 aliphatic carbocycles. The first kappa shape index (κ1) is 13.8. The van der Waals surface area contributed by atoms with E-state index >= 15 is 0 Å². The topological polar surface area (TPSA) is 60.3 Å². The van der Waals surface area contributed by atoms with E-state index in [1.54, 1.807) is 24.3 Å². The molecule has 20 heavy (non-hydrogen) atoms. The molecule has 1 aromatic carbocycles. The number of halogens is 1. The standard InChI is InChI=1S/C14H16ClNO4/c1-14(2)18-7-10(19-14)13-12(17)11(16-20-13)8-3-5-9(15)6-4-8/h3-6,10,12-13,17H,7H2,1-2H3/t10-,12-,13+/m1/s1. The quantitative estimate of drug-likeness (QED) is 0.906. The van der Waals surface area contributed by atoms with E-state index in [4.69, 9.17) is 25.9 Å².